The van der Waals surface area contributed by atoms with Gasteiger partial charge in [-0.25, -0.2) is 0 Å². The van der Waals surface area contributed by atoms with Gasteiger partial charge in [0.2, 0.25) is 0 Å². The van der Waals surface area contributed by atoms with Crippen LogP contribution >= 0.6 is 15.9 Å². The molecular formula is C21H23BrO3. The SMILES string of the molecule is C=C(c1ccc(OCCOC2CCCCO2)cc1)c1cccc(Br)c1. The van der Waals surface area contributed by atoms with Crippen molar-refractivity contribution in [2.75, 3.05) is 19.8 Å². The molecule has 0 bridgehead atoms. The normalized spacial score (nSPS) is 17.2. The van der Waals surface area contributed by atoms with E-state index in [2.05, 4.69) is 34.6 Å². The zero-order valence-corrected chi connectivity index (χ0v) is 15.8. The molecule has 1 fully saturated rings. The van der Waals surface area contributed by atoms with Crippen LogP contribution in [0.15, 0.2) is 59.6 Å². The van der Waals surface area contributed by atoms with Crippen LogP contribution in [0, 0.1) is 0 Å². The van der Waals surface area contributed by atoms with Gasteiger partial charge in [0.25, 0.3) is 0 Å². The number of halogens is 1. The van der Waals surface area contributed by atoms with Crippen molar-refractivity contribution < 1.29 is 14.2 Å². The van der Waals surface area contributed by atoms with Gasteiger partial charge in [-0.05, 0) is 60.2 Å². The lowest BCUT2D eigenvalue weighted by atomic mass is 10.00. The maximum absolute atomic E-state index is 5.74. The van der Waals surface area contributed by atoms with E-state index >= 15 is 0 Å². The molecule has 1 saturated heterocycles. The zero-order valence-electron chi connectivity index (χ0n) is 14.2. The fourth-order valence-corrected chi connectivity index (χ4v) is 3.18. The van der Waals surface area contributed by atoms with Gasteiger partial charge >= 0.3 is 0 Å². The summed E-state index contributed by atoms with van der Waals surface area (Å²) in [7, 11) is 0. The van der Waals surface area contributed by atoms with Gasteiger partial charge in [-0.15, -0.1) is 0 Å². The van der Waals surface area contributed by atoms with Crippen LogP contribution in [0.25, 0.3) is 5.57 Å². The Morgan fingerprint density at radius 2 is 1.92 bits per heavy atom. The Morgan fingerprint density at radius 3 is 2.64 bits per heavy atom. The van der Waals surface area contributed by atoms with E-state index in [9.17, 15) is 0 Å². The van der Waals surface area contributed by atoms with E-state index in [1.165, 1.54) is 6.42 Å². The van der Waals surface area contributed by atoms with E-state index in [1.807, 2.05) is 36.4 Å². The van der Waals surface area contributed by atoms with E-state index < -0.39 is 0 Å². The van der Waals surface area contributed by atoms with Crippen LogP contribution in [-0.2, 0) is 9.47 Å². The second kappa shape index (κ2) is 9.18. The Hall–Kier alpha value is -1.62. The minimum atomic E-state index is -0.0618. The summed E-state index contributed by atoms with van der Waals surface area (Å²) < 4.78 is 18.0. The molecule has 1 heterocycles. The van der Waals surface area contributed by atoms with Crippen LogP contribution in [0.1, 0.15) is 30.4 Å². The second-order valence-corrected chi connectivity index (χ2v) is 6.94. The highest BCUT2D eigenvalue weighted by Crippen LogP contribution is 2.25. The highest BCUT2D eigenvalue weighted by atomic mass is 79.9. The summed E-state index contributed by atoms with van der Waals surface area (Å²) in [4.78, 5) is 0. The minimum absolute atomic E-state index is 0.0618. The first-order valence-electron chi connectivity index (χ1n) is 8.64. The smallest absolute Gasteiger partial charge is 0.157 e. The third-order valence-corrected chi connectivity index (χ3v) is 4.66. The molecular weight excluding hydrogens is 380 g/mol. The highest BCUT2D eigenvalue weighted by molar-refractivity contribution is 9.10. The molecule has 0 aliphatic carbocycles. The standard InChI is InChI=1S/C21H23BrO3/c1-16(18-5-4-6-19(22)15-18)17-8-10-20(11-9-17)23-13-14-25-21-7-2-3-12-24-21/h4-6,8-11,15,21H,1-3,7,12-14H2. The second-order valence-electron chi connectivity index (χ2n) is 6.03. The zero-order chi connectivity index (χ0) is 17.5. The molecule has 3 rings (SSSR count). The van der Waals surface area contributed by atoms with Gasteiger partial charge in [0, 0.05) is 11.1 Å². The van der Waals surface area contributed by atoms with Crippen LogP contribution < -0.4 is 4.74 Å². The molecule has 4 heteroatoms. The van der Waals surface area contributed by atoms with Crippen molar-refractivity contribution in [2.45, 2.75) is 25.6 Å². The Morgan fingerprint density at radius 1 is 1.08 bits per heavy atom. The first-order valence-corrected chi connectivity index (χ1v) is 9.43. The fourth-order valence-electron chi connectivity index (χ4n) is 2.78. The lowest BCUT2D eigenvalue weighted by Gasteiger charge is -2.22. The third kappa shape index (κ3) is 5.43. The Balaban J connectivity index is 1.47. The van der Waals surface area contributed by atoms with Crippen LogP contribution in [0.4, 0.5) is 0 Å². The van der Waals surface area contributed by atoms with Crippen LogP contribution in [-0.4, -0.2) is 26.1 Å². The van der Waals surface area contributed by atoms with E-state index in [4.69, 9.17) is 14.2 Å². The number of benzene rings is 2. The molecule has 0 amide bonds. The van der Waals surface area contributed by atoms with Crippen molar-refractivity contribution in [1.82, 2.24) is 0 Å². The number of hydrogen-bond acceptors (Lipinski definition) is 3. The maximum Gasteiger partial charge on any atom is 0.157 e. The van der Waals surface area contributed by atoms with Crippen LogP contribution in [0.2, 0.25) is 0 Å². The average molecular weight is 403 g/mol. The van der Waals surface area contributed by atoms with Crippen molar-refractivity contribution in [3.63, 3.8) is 0 Å². The minimum Gasteiger partial charge on any atom is -0.491 e. The van der Waals surface area contributed by atoms with Gasteiger partial charge in [0.1, 0.15) is 12.4 Å². The summed E-state index contributed by atoms with van der Waals surface area (Å²) in [5.41, 5.74) is 3.17. The van der Waals surface area contributed by atoms with E-state index in [0.29, 0.717) is 13.2 Å². The molecule has 2 aromatic carbocycles. The molecule has 0 radical (unpaired) electrons. The molecule has 1 aliphatic heterocycles. The predicted octanol–water partition coefficient (Wildman–Crippen LogP) is 5.43. The Labute approximate surface area is 157 Å². The predicted molar refractivity (Wildman–Crippen MR) is 104 cm³/mol. The molecule has 25 heavy (non-hydrogen) atoms. The highest BCUT2D eigenvalue weighted by Gasteiger charge is 2.13. The Bertz CT molecular complexity index is 691. The van der Waals surface area contributed by atoms with Crippen LogP contribution in [0.5, 0.6) is 5.75 Å². The third-order valence-electron chi connectivity index (χ3n) is 4.17. The van der Waals surface area contributed by atoms with E-state index in [0.717, 1.165) is 46.4 Å². The number of rotatable bonds is 7. The summed E-state index contributed by atoms with van der Waals surface area (Å²) in [6.07, 6.45) is 3.23. The molecule has 3 nitrogen and oxygen atoms in total. The number of hydrogen-bond donors (Lipinski definition) is 0. The lowest BCUT2D eigenvalue weighted by Crippen LogP contribution is -2.24. The summed E-state index contributed by atoms with van der Waals surface area (Å²) in [6.45, 7) is 6.06. The van der Waals surface area contributed by atoms with Crippen LogP contribution in [0.3, 0.4) is 0 Å². The summed E-state index contributed by atoms with van der Waals surface area (Å²) in [5.74, 6) is 0.832. The van der Waals surface area contributed by atoms with Gasteiger partial charge in [-0.1, -0.05) is 46.8 Å². The first-order chi connectivity index (χ1) is 12.2. The molecule has 0 saturated carbocycles. The van der Waals surface area contributed by atoms with Crippen molar-refractivity contribution in [3.05, 3.63) is 70.7 Å². The summed E-state index contributed by atoms with van der Waals surface area (Å²) in [6, 6.07) is 16.1. The number of ether oxygens (including phenoxy) is 3. The van der Waals surface area contributed by atoms with Gasteiger partial charge in [-0.3, -0.25) is 0 Å². The van der Waals surface area contributed by atoms with Crippen molar-refractivity contribution in [2.24, 2.45) is 0 Å². The molecule has 0 N–H and O–H groups in total. The molecule has 1 unspecified atom stereocenters. The van der Waals surface area contributed by atoms with E-state index in [-0.39, 0.29) is 6.29 Å². The maximum atomic E-state index is 5.74. The Kier molecular flexibility index (Phi) is 6.68. The molecule has 2 aromatic rings. The summed E-state index contributed by atoms with van der Waals surface area (Å²) >= 11 is 3.50. The molecule has 1 aliphatic rings. The fraction of sp³-hybridized carbons (Fsp3) is 0.333. The van der Waals surface area contributed by atoms with E-state index in [1.54, 1.807) is 0 Å². The molecule has 0 spiro atoms. The van der Waals surface area contributed by atoms with Crippen molar-refractivity contribution in [1.29, 1.82) is 0 Å². The monoisotopic (exact) mass is 402 g/mol. The molecule has 0 aromatic heterocycles. The molecule has 1 atom stereocenters. The van der Waals surface area contributed by atoms with Gasteiger partial charge in [0.05, 0.1) is 6.61 Å². The lowest BCUT2D eigenvalue weighted by molar-refractivity contribution is -0.165. The van der Waals surface area contributed by atoms with Gasteiger partial charge in [-0.2, -0.15) is 0 Å². The topological polar surface area (TPSA) is 27.7 Å². The van der Waals surface area contributed by atoms with Crippen molar-refractivity contribution in [3.8, 4) is 5.75 Å². The summed E-state index contributed by atoms with van der Waals surface area (Å²) in [5, 5.41) is 0. The van der Waals surface area contributed by atoms with Crippen molar-refractivity contribution >= 4 is 21.5 Å². The largest absolute Gasteiger partial charge is 0.491 e. The average Bonchev–Trinajstić information content (AvgIpc) is 2.66. The van der Waals surface area contributed by atoms with Gasteiger partial charge < -0.3 is 14.2 Å². The van der Waals surface area contributed by atoms with Gasteiger partial charge in [0.15, 0.2) is 6.29 Å². The quantitative estimate of drug-likeness (QED) is 0.577. The molecule has 132 valence electrons. The first kappa shape index (κ1) is 18.2.